The maximum atomic E-state index is 11.8. The topological polar surface area (TPSA) is 72.2 Å². The molecule has 0 spiro atoms. The van der Waals surface area contributed by atoms with Crippen LogP contribution in [0, 0.1) is 17.0 Å². The number of nitrogens with zero attached hydrogens (tertiary/aromatic N) is 1. The molecule has 0 bridgehead atoms. The summed E-state index contributed by atoms with van der Waals surface area (Å²) in [6.07, 6.45) is 3.13. The zero-order chi connectivity index (χ0) is 15.2. The van der Waals surface area contributed by atoms with Gasteiger partial charge in [0.1, 0.15) is 0 Å². The van der Waals surface area contributed by atoms with Crippen molar-refractivity contribution in [1.29, 1.82) is 0 Å². The summed E-state index contributed by atoms with van der Waals surface area (Å²) in [7, 11) is 0. The Balaban J connectivity index is 2.06. The Morgan fingerprint density at radius 1 is 1.19 bits per heavy atom. The van der Waals surface area contributed by atoms with Crippen molar-refractivity contribution >= 4 is 23.4 Å². The number of hydrogen-bond acceptors (Lipinski definition) is 3. The van der Waals surface area contributed by atoms with Crippen LogP contribution < -0.4 is 5.32 Å². The third-order valence-corrected chi connectivity index (χ3v) is 2.91. The normalized spacial score (nSPS) is 10.5. The lowest BCUT2D eigenvalue weighted by Gasteiger charge is -2.05. The molecule has 106 valence electrons. The monoisotopic (exact) mass is 282 g/mol. The number of carbonyl (C=O) groups excluding carboxylic acids is 1. The number of carbonyl (C=O) groups is 1. The maximum absolute atomic E-state index is 11.8. The highest BCUT2D eigenvalue weighted by Gasteiger charge is 2.08. The van der Waals surface area contributed by atoms with Gasteiger partial charge < -0.3 is 5.32 Å². The quantitative estimate of drug-likeness (QED) is 0.529. The Labute approximate surface area is 122 Å². The number of nitro benzene ring substituents is 1. The Morgan fingerprint density at radius 2 is 1.90 bits per heavy atom. The zero-order valence-electron chi connectivity index (χ0n) is 11.4. The Morgan fingerprint density at radius 3 is 2.52 bits per heavy atom. The summed E-state index contributed by atoms with van der Waals surface area (Å²) in [6.45, 7) is 1.71. The molecule has 5 heteroatoms. The van der Waals surface area contributed by atoms with E-state index in [-0.39, 0.29) is 11.6 Å². The number of anilines is 1. The van der Waals surface area contributed by atoms with Crippen molar-refractivity contribution in [2.45, 2.75) is 6.92 Å². The van der Waals surface area contributed by atoms with Crippen molar-refractivity contribution in [3.8, 4) is 0 Å². The molecule has 0 aliphatic rings. The third-order valence-electron chi connectivity index (χ3n) is 2.91. The number of nitrogens with one attached hydrogen (secondary N) is 1. The minimum Gasteiger partial charge on any atom is -0.322 e. The molecule has 0 heterocycles. The highest BCUT2D eigenvalue weighted by molar-refractivity contribution is 6.02. The first-order valence-electron chi connectivity index (χ1n) is 6.35. The van der Waals surface area contributed by atoms with Crippen LogP contribution in [0.15, 0.2) is 54.6 Å². The van der Waals surface area contributed by atoms with E-state index in [0.717, 1.165) is 5.56 Å². The van der Waals surface area contributed by atoms with E-state index in [0.29, 0.717) is 11.3 Å². The number of non-ortho nitro benzene ring substituents is 1. The summed E-state index contributed by atoms with van der Waals surface area (Å²) in [5.74, 6) is -0.282. The number of hydrogen-bond donors (Lipinski definition) is 1. The molecule has 0 saturated heterocycles. The second kappa shape index (κ2) is 6.47. The lowest BCUT2D eigenvalue weighted by atomic mass is 10.1. The van der Waals surface area contributed by atoms with Gasteiger partial charge >= 0.3 is 0 Å². The van der Waals surface area contributed by atoms with Crippen molar-refractivity contribution in [2.24, 2.45) is 0 Å². The van der Waals surface area contributed by atoms with Gasteiger partial charge in [-0.15, -0.1) is 0 Å². The number of aryl methyl sites for hydroxylation is 1. The molecule has 2 rings (SSSR count). The van der Waals surface area contributed by atoms with Gasteiger partial charge in [0.2, 0.25) is 5.91 Å². The zero-order valence-corrected chi connectivity index (χ0v) is 11.4. The average molecular weight is 282 g/mol. The summed E-state index contributed by atoms with van der Waals surface area (Å²) in [4.78, 5) is 22.0. The van der Waals surface area contributed by atoms with Gasteiger partial charge in [-0.2, -0.15) is 0 Å². The van der Waals surface area contributed by atoms with Crippen LogP contribution in [0.5, 0.6) is 0 Å². The minimum atomic E-state index is -0.464. The van der Waals surface area contributed by atoms with Gasteiger partial charge in [0, 0.05) is 23.9 Å². The van der Waals surface area contributed by atoms with Gasteiger partial charge in [-0.05, 0) is 30.2 Å². The van der Waals surface area contributed by atoms with Gasteiger partial charge in [-0.25, -0.2) is 0 Å². The molecular formula is C16H14N2O3. The molecule has 0 unspecified atom stereocenters. The summed E-state index contributed by atoms with van der Waals surface area (Å²) in [5.41, 5.74) is 2.13. The summed E-state index contributed by atoms with van der Waals surface area (Å²) in [5, 5.41) is 13.4. The largest absolute Gasteiger partial charge is 0.322 e. The Hall–Kier alpha value is -2.95. The smallest absolute Gasteiger partial charge is 0.269 e. The first kappa shape index (κ1) is 14.5. The van der Waals surface area contributed by atoms with E-state index in [1.54, 1.807) is 13.0 Å². The SMILES string of the molecule is Cc1cc([N+](=O)[O-])ccc1NC(=O)C=Cc1ccccc1. The molecule has 1 amide bonds. The molecule has 5 nitrogen and oxygen atoms in total. The Kier molecular flexibility index (Phi) is 4.46. The molecule has 2 aromatic carbocycles. The first-order chi connectivity index (χ1) is 10.1. The molecule has 0 fully saturated rings. The second-order valence-electron chi connectivity index (χ2n) is 4.49. The van der Waals surface area contributed by atoms with Crippen molar-refractivity contribution < 1.29 is 9.72 Å². The van der Waals surface area contributed by atoms with E-state index in [2.05, 4.69) is 5.32 Å². The molecule has 21 heavy (non-hydrogen) atoms. The van der Waals surface area contributed by atoms with Gasteiger partial charge in [-0.1, -0.05) is 30.3 Å². The number of nitro groups is 1. The van der Waals surface area contributed by atoms with Crippen LogP contribution in [0.2, 0.25) is 0 Å². The molecule has 0 aliphatic carbocycles. The minimum absolute atomic E-state index is 0.00493. The maximum Gasteiger partial charge on any atom is 0.269 e. The Bertz CT molecular complexity index is 694. The third kappa shape index (κ3) is 4.01. The standard InChI is InChI=1S/C16H14N2O3/c1-12-11-14(18(20)21)8-9-15(12)17-16(19)10-7-13-5-3-2-4-6-13/h2-11H,1H3,(H,17,19). The van der Waals surface area contributed by atoms with Crippen molar-refractivity contribution in [3.05, 3.63) is 75.8 Å². The average Bonchev–Trinajstić information content (AvgIpc) is 2.48. The van der Waals surface area contributed by atoms with Gasteiger partial charge in [0.25, 0.3) is 5.69 Å². The molecule has 0 radical (unpaired) electrons. The summed E-state index contributed by atoms with van der Waals surface area (Å²) < 4.78 is 0. The van der Waals surface area contributed by atoms with Crippen molar-refractivity contribution in [2.75, 3.05) is 5.32 Å². The summed E-state index contributed by atoms with van der Waals surface area (Å²) in [6, 6.07) is 13.8. The van der Waals surface area contributed by atoms with E-state index in [4.69, 9.17) is 0 Å². The van der Waals surface area contributed by atoms with Crippen LogP contribution in [0.3, 0.4) is 0 Å². The summed E-state index contributed by atoms with van der Waals surface area (Å²) >= 11 is 0. The highest BCUT2D eigenvalue weighted by atomic mass is 16.6. The fraction of sp³-hybridized carbons (Fsp3) is 0.0625. The molecule has 0 aromatic heterocycles. The molecule has 0 atom stereocenters. The highest BCUT2D eigenvalue weighted by Crippen LogP contribution is 2.21. The van der Waals surface area contributed by atoms with Gasteiger partial charge in [0.05, 0.1) is 4.92 Å². The molecule has 2 aromatic rings. The number of rotatable bonds is 4. The van der Waals surface area contributed by atoms with E-state index in [1.807, 2.05) is 30.3 Å². The van der Waals surface area contributed by atoms with E-state index in [9.17, 15) is 14.9 Å². The molecule has 1 N–H and O–H groups in total. The molecular weight excluding hydrogens is 268 g/mol. The van der Waals surface area contributed by atoms with E-state index >= 15 is 0 Å². The van der Waals surface area contributed by atoms with Gasteiger partial charge in [-0.3, -0.25) is 14.9 Å². The lowest BCUT2D eigenvalue weighted by Crippen LogP contribution is -2.09. The van der Waals surface area contributed by atoms with Crippen LogP contribution in [0.25, 0.3) is 6.08 Å². The van der Waals surface area contributed by atoms with Crippen molar-refractivity contribution in [1.82, 2.24) is 0 Å². The predicted octanol–water partition coefficient (Wildman–Crippen LogP) is 3.56. The van der Waals surface area contributed by atoms with E-state index < -0.39 is 4.92 Å². The van der Waals surface area contributed by atoms with Crippen LogP contribution >= 0.6 is 0 Å². The van der Waals surface area contributed by atoms with Crippen LogP contribution in [0.1, 0.15) is 11.1 Å². The van der Waals surface area contributed by atoms with Crippen LogP contribution in [-0.4, -0.2) is 10.8 Å². The van der Waals surface area contributed by atoms with E-state index in [1.165, 1.54) is 24.3 Å². The molecule has 0 aliphatic heterocycles. The second-order valence-corrected chi connectivity index (χ2v) is 4.49. The number of benzene rings is 2. The fourth-order valence-corrected chi connectivity index (χ4v) is 1.81. The predicted molar refractivity (Wildman–Crippen MR) is 81.9 cm³/mol. The number of amides is 1. The first-order valence-corrected chi connectivity index (χ1v) is 6.35. The molecule has 0 saturated carbocycles. The lowest BCUT2D eigenvalue weighted by molar-refractivity contribution is -0.384. The van der Waals surface area contributed by atoms with Gasteiger partial charge in [0.15, 0.2) is 0 Å². The fourth-order valence-electron chi connectivity index (χ4n) is 1.81. The van der Waals surface area contributed by atoms with Crippen molar-refractivity contribution in [3.63, 3.8) is 0 Å². The van der Waals surface area contributed by atoms with Crippen LogP contribution in [-0.2, 0) is 4.79 Å². The van der Waals surface area contributed by atoms with Crippen LogP contribution in [0.4, 0.5) is 11.4 Å².